The lowest BCUT2D eigenvalue weighted by Crippen LogP contribution is -2.75. The second kappa shape index (κ2) is 25.4. The number of fused-ring (bicyclic) bond motifs is 4. The molecule has 0 unspecified atom stereocenters. The zero-order valence-corrected chi connectivity index (χ0v) is 57.9. The van der Waals surface area contributed by atoms with Gasteiger partial charge in [0.05, 0.1) is 11.4 Å². The van der Waals surface area contributed by atoms with Crippen LogP contribution in [0.2, 0.25) is 0 Å². The topological polar surface area (TPSA) is 6.48 Å². The Balaban J connectivity index is 1.05. The maximum Gasteiger partial charge on any atom is 0.252 e. The molecule has 0 aromatic heterocycles. The molecule has 0 N–H and O–H groups in total. The Labute approximate surface area is 585 Å². The van der Waals surface area contributed by atoms with Gasteiger partial charge in [-0.25, -0.2) is 0 Å². The molecule has 0 bridgehead atoms. The van der Waals surface area contributed by atoms with E-state index < -0.39 is 16.1 Å². The Bertz CT molecular complexity index is 5340. The van der Waals surface area contributed by atoms with E-state index in [1.165, 1.54) is 114 Å². The number of rotatable bonds is 14. The summed E-state index contributed by atoms with van der Waals surface area (Å²) in [7, 11) is -6.73. The predicted octanol–water partition coefficient (Wildman–Crippen LogP) is 16.5. The van der Waals surface area contributed by atoms with Crippen LogP contribution in [0.4, 0.5) is 34.1 Å². The van der Waals surface area contributed by atoms with Crippen LogP contribution < -0.4 is 67.7 Å². The molecule has 0 radical (unpaired) electrons. The molecule has 0 saturated heterocycles. The van der Waals surface area contributed by atoms with Crippen molar-refractivity contribution in [3.63, 3.8) is 0 Å². The molecule has 2 nitrogen and oxygen atoms in total. The summed E-state index contributed by atoms with van der Waals surface area (Å²) >= 11 is 0. The normalized spacial score (nSPS) is 12.5. The number of anilines is 6. The molecule has 2 heterocycles. The van der Waals surface area contributed by atoms with E-state index in [2.05, 4.69) is 419 Å². The fraction of sp³-hybridized carbons (Fsp3) is 0.0426. The summed E-state index contributed by atoms with van der Waals surface area (Å²) in [6.07, 6.45) is 0. The van der Waals surface area contributed by atoms with Gasteiger partial charge in [0.1, 0.15) is 0 Å². The highest BCUT2D eigenvalue weighted by atomic mass is 28.3. The molecule has 17 rings (SSSR count). The van der Waals surface area contributed by atoms with Crippen LogP contribution in [0.15, 0.2) is 388 Å². The van der Waals surface area contributed by atoms with E-state index >= 15 is 0 Å². The van der Waals surface area contributed by atoms with Crippen LogP contribution in [-0.4, -0.2) is 22.9 Å². The van der Waals surface area contributed by atoms with Gasteiger partial charge in [0.15, 0.2) is 16.1 Å². The molecule has 0 spiro atoms. The zero-order valence-electron chi connectivity index (χ0n) is 55.9. The van der Waals surface area contributed by atoms with E-state index in [-0.39, 0.29) is 12.1 Å². The molecule has 5 heteroatoms. The minimum atomic E-state index is -3.46. The molecule has 470 valence electrons. The predicted molar refractivity (Wildman–Crippen MR) is 428 cm³/mol. The van der Waals surface area contributed by atoms with Crippen molar-refractivity contribution in [3.05, 3.63) is 394 Å². The van der Waals surface area contributed by atoms with Crippen molar-refractivity contribution in [1.29, 1.82) is 0 Å². The third kappa shape index (κ3) is 10.5. The fourth-order valence-electron chi connectivity index (χ4n) is 16.4. The summed E-state index contributed by atoms with van der Waals surface area (Å²) in [4.78, 5) is 5.39. The van der Waals surface area contributed by atoms with Crippen LogP contribution in [-0.2, 0) is 5.41 Å². The Morgan fingerprint density at radius 1 is 0.222 bits per heavy atom. The SMILES string of the molecule is CC(C)(C)c1ccc(N2c3ccccc3B3c4ccc([Si](c5ccccc5)(c5ccccc5)c5cccc(-c6ccccc6)c5)cc4N(c4ccccc4-c4ccccc4)c4cc([Si](c5ccccc5)(c5ccccc5)c5cccc(-c6ccccc6)c5)cc2c43)c(-c2ccccc2)c1. The van der Waals surface area contributed by atoms with Gasteiger partial charge in [0.2, 0.25) is 0 Å². The first-order valence-corrected chi connectivity index (χ1v) is 38.7. The largest absolute Gasteiger partial charge is 0.311 e. The van der Waals surface area contributed by atoms with Crippen LogP contribution in [0.25, 0.3) is 44.5 Å². The molecule has 0 amide bonds. The number of nitrogens with zero attached hydrogens (tertiary/aromatic N) is 2. The number of hydrogen-bond acceptors (Lipinski definition) is 2. The van der Waals surface area contributed by atoms with Crippen LogP contribution in [0.1, 0.15) is 26.3 Å². The lowest BCUT2D eigenvalue weighted by molar-refractivity contribution is 0.590. The molecule has 0 saturated carbocycles. The van der Waals surface area contributed by atoms with Crippen LogP contribution in [0.5, 0.6) is 0 Å². The first kappa shape index (κ1) is 61.0. The van der Waals surface area contributed by atoms with E-state index in [9.17, 15) is 0 Å². The molecular weight excluding hydrogens is 1220 g/mol. The van der Waals surface area contributed by atoms with Gasteiger partial charge in [-0.1, -0.05) is 367 Å². The fourth-order valence-corrected chi connectivity index (χ4v) is 26.0. The van der Waals surface area contributed by atoms with Crippen molar-refractivity contribution in [2.75, 3.05) is 9.80 Å². The Hall–Kier alpha value is -11.6. The first-order valence-electron chi connectivity index (χ1n) is 34.7. The molecule has 0 aliphatic carbocycles. The summed E-state index contributed by atoms with van der Waals surface area (Å²) < 4.78 is 0. The van der Waals surface area contributed by atoms with Crippen LogP contribution in [0, 0.1) is 0 Å². The van der Waals surface area contributed by atoms with E-state index in [0.717, 1.165) is 28.2 Å². The third-order valence-corrected chi connectivity index (χ3v) is 30.4. The molecule has 0 atom stereocenters. The van der Waals surface area contributed by atoms with E-state index in [0.29, 0.717) is 0 Å². The highest BCUT2D eigenvalue weighted by molar-refractivity contribution is 7.21. The first-order chi connectivity index (χ1) is 48.8. The van der Waals surface area contributed by atoms with Gasteiger partial charge in [0, 0.05) is 33.9 Å². The van der Waals surface area contributed by atoms with Crippen molar-refractivity contribution in [2.45, 2.75) is 26.2 Å². The Kier molecular flexibility index (Phi) is 15.7. The Morgan fingerprint density at radius 3 is 1.05 bits per heavy atom. The highest BCUT2D eigenvalue weighted by Gasteiger charge is 2.50. The van der Waals surface area contributed by atoms with Crippen molar-refractivity contribution >= 4 is 115 Å². The van der Waals surface area contributed by atoms with Gasteiger partial charge >= 0.3 is 0 Å². The van der Waals surface area contributed by atoms with Crippen LogP contribution in [0.3, 0.4) is 0 Å². The second-order valence-electron chi connectivity index (χ2n) is 27.5. The summed E-state index contributed by atoms with van der Waals surface area (Å²) in [6, 6.07) is 148. The molecule has 2 aliphatic rings. The lowest BCUT2D eigenvalue weighted by atomic mass is 9.33. The molecule has 0 fully saturated rings. The van der Waals surface area contributed by atoms with Gasteiger partial charge in [0.25, 0.3) is 6.71 Å². The Morgan fingerprint density at radius 2 is 0.566 bits per heavy atom. The van der Waals surface area contributed by atoms with E-state index in [4.69, 9.17) is 0 Å². The third-order valence-electron chi connectivity index (χ3n) is 20.9. The quantitative estimate of drug-likeness (QED) is 0.0791. The van der Waals surface area contributed by atoms with Crippen molar-refractivity contribution in [2.24, 2.45) is 0 Å². The molecule has 15 aromatic carbocycles. The van der Waals surface area contributed by atoms with Gasteiger partial charge in [-0.15, -0.1) is 0 Å². The van der Waals surface area contributed by atoms with Gasteiger partial charge in [-0.2, -0.15) is 0 Å². The summed E-state index contributed by atoms with van der Waals surface area (Å²) in [5, 5.41) is 10.5. The number of para-hydroxylation sites is 2. The average molecular weight is 1300 g/mol. The molecule has 15 aromatic rings. The summed E-state index contributed by atoms with van der Waals surface area (Å²) in [5.74, 6) is 0. The number of benzene rings is 15. The monoisotopic (exact) mass is 1300 g/mol. The maximum atomic E-state index is 2.72. The van der Waals surface area contributed by atoms with Crippen molar-refractivity contribution in [1.82, 2.24) is 0 Å². The maximum absolute atomic E-state index is 3.46. The molecule has 2 aliphatic heterocycles. The minimum absolute atomic E-state index is 0.113. The van der Waals surface area contributed by atoms with Gasteiger partial charge in [-0.3, -0.25) is 0 Å². The van der Waals surface area contributed by atoms with Gasteiger partial charge in [-0.05, 0) is 145 Å². The smallest absolute Gasteiger partial charge is 0.252 e. The summed E-state index contributed by atoms with van der Waals surface area (Å²) in [5.41, 5.74) is 21.3. The van der Waals surface area contributed by atoms with Crippen LogP contribution >= 0.6 is 0 Å². The second-order valence-corrected chi connectivity index (χ2v) is 35.1. The number of hydrogen-bond donors (Lipinski definition) is 0. The van der Waals surface area contributed by atoms with E-state index in [1.54, 1.807) is 0 Å². The minimum Gasteiger partial charge on any atom is -0.311 e. The highest BCUT2D eigenvalue weighted by Crippen LogP contribution is 2.49. The average Bonchev–Trinajstić information content (AvgIpc) is 0.685. The molecule has 99 heavy (non-hydrogen) atoms. The van der Waals surface area contributed by atoms with Crippen molar-refractivity contribution in [3.8, 4) is 44.5 Å². The standard InChI is InChI=1S/C94H73BN2Si2/c1-94(2,3)74-58-61-88(84(64-74)71-40-18-7-19-41-71)96-89-57-31-29-55-85(89)95-86-60-59-81(98(75-44-20-8-21-45-75,76-46-22-9-23-47-76)79-52-32-42-72(62-79)68-34-12-4-13-35-68)65-90(86)97(87-56-30-28-54-83(87)70-38-16-6-17-39-70)92-67-82(66-91(96)93(92)95)99(77-48-24-10-25-49-77,78-50-26-11-27-51-78)80-53-33-43-73(63-80)69-36-14-5-15-37-69/h4-67H,1-3H3. The van der Waals surface area contributed by atoms with Gasteiger partial charge < -0.3 is 9.80 Å². The zero-order chi connectivity index (χ0) is 66.5. The molecular formula is C94H73BN2Si2. The lowest BCUT2D eigenvalue weighted by Gasteiger charge is -2.47. The van der Waals surface area contributed by atoms with Crippen molar-refractivity contribution < 1.29 is 0 Å². The summed E-state index contributed by atoms with van der Waals surface area (Å²) in [6.45, 7) is 6.81. The van der Waals surface area contributed by atoms with E-state index in [1.807, 2.05) is 0 Å².